The highest BCUT2D eigenvalue weighted by Crippen LogP contribution is 2.25. The number of benzene rings is 1. The van der Waals surface area contributed by atoms with Crippen molar-refractivity contribution in [2.75, 3.05) is 31.1 Å². The Kier molecular flexibility index (Phi) is 7.30. The summed E-state index contributed by atoms with van der Waals surface area (Å²) in [6.07, 6.45) is 9.50. The maximum Gasteiger partial charge on any atom is 0.226 e. The molecule has 2 aromatic heterocycles. The van der Waals surface area contributed by atoms with E-state index < -0.39 is 0 Å². The minimum absolute atomic E-state index is 0.564. The molecule has 1 saturated heterocycles. The van der Waals surface area contributed by atoms with Crippen LogP contribution in [-0.4, -0.2) is 47.2 Å². The van der Waals surface area contributed by atoms with Gasteiger partial charge in [0.2, 0.25) is 5.95 Å². The van der Waals surface area contributed by atoms with E-state index in [1.807, 2.05) is 43.6 Å². The van der Waals surface area contributed by atoms with Gasteiger partial charge in [-0.05, 0) is 82.3 Å². The Morgan fingerprint density at radius 2 is 2.10 bits per heavy atom. The Labute approximate surface area is 185 Å². The molecule has 164 valence electrons. The van der Waals surface area contributed by atoms with Crippen LogP contribution < -0.4 is 15.0 Å². The fourth-order valence-electron chi connectivity index (χ4n) is 4.29. The van der Waals surface area contributed by atoms with Crippen LogP contribution in [0.3, 0.4) is 0 Å². The van der Waals surface area contributed by atoms with E-state index >= 15 is 0 Å². The summed E-state index contributed by atoms with van der Waals surface area (Å²) in [5.74, 6) is 1.73. The molecule has 1 atom stereocenters. The molecule has 1 unspecified atom stereocenters. The molecular weight excluding hydrogens is 386 g/mol. The summed E-state index contributed by atoms with van der Waals surface area (Å²) in [4.78, 5) is 16.2. The van der Waals surface area contributed by atoms with Gasteiger partial charge in [0.05, 0.1) is 17.8 Å². The molecule has 4 rings (SSSR count). The number of nitrogens with zero attached hydrogens (tertiary/aromatic N) is 4. The monoisotopic (exact) mass is 419 g/mol. The first kappa shape index (κ1) is 21.5. The molecule has 1 fully saturated rings. The Hall–Kier alpha value is -2.73. The van der Waals surface area contributed by atoms with Crippen molar-refractivity contribution in [1.29, 1.82) is 0 Å². The smallest absolute Gasteiger partial charge is 0.226 e. The van der Waals surface area contributed by atoms with Crippen molar-refractivity contribution in [3.05, 3.63) is 54.0 Å². The van der Waals surface area contributed by atoms with Crippen LogP contribution in [0.25, 0.3) is 10.9 Å². The minimum Gasteiger partial charge on any atom is -0.494 e. The van der Waals surface area contributed by atoms with Crippen molar-refractivity contribution in [2.24, 2.45) is 0 Å². The minimum atomic E-state index is 0.564. The van der Waals surface area contributed by atoms with E-state index in [-0.39, 0.29) is 0 Å². The van der Waals surface area contributed by atoms with Crippen LogP contribution >= 0.6 is 0 Å². The lowest BCUT2D eigenvalue weighted by Gasteiger charge is -2.22. The fourth-order valence-corrected chi connectivity index (χ4v) is 4.29. The number of aryl methyl sites for hydroxylation is 2. The van der Waals surface area contributed by atoms with Gasteiger partial charge in [-0.15, -0.1) is 0 Å². The molecule has 0 bridgehead atoms. The zero-order valence-corrected chi connectivity index (χ0v) is 18.7. The van der Waals surface area contributed by atoms with Crippen LogP contribution in [0.4, 0.5) is 5.95 Å². The summed E-state index contributed by atoms with van der Waals surface area (Å²) in [6, 6.07) is 10.8. The number of aromatic nitrogens is 3. The van der Waals surface area contributed by atoms with Gasteiger partial charge < -0.3 is 15.0 Å². The van der Waals surface area contributed by atoms with E-state index in [0.29, 0.717) is 12.6 Å². The lowest BCUT2D eigenvalue weighted by atomic mass is 10.1. The van der Waals surface area contributed by atoms with E-state index in [4.69, 9.17) is 14.7 Å². The Morgan fingerprint density at radius 3 is 2.94 bits per heavy atom. The predicted octanol–water partition coefficient (Wildman–Crippen LogP) is 4.31. The van der Waals surface area contributed by atoms with Gasteiger partial charge in [0.1, 0.15) is 5.75 Å². The van der Waals surface area contributed by atoms with Gasteiger partial charge in [0.15, 0.2) is 0 Å². The van der Waals surface area contributed by atoms with Crippen LogP contribution in [0.2, 0.25) is 0 Å². The summed E-state index contributed by atoms with van der Waals surface area (Å²) in [5.41, 5.74) is 3.31. The molecule has 1 aliphatic heterocycles. The molecule has 1 N–H and O–H groups in total. The quantitative estimate of drug-likeness (QED) is 0.549. The molecule has 31 heavy (non-hydrogen) atoms. The lowest BCUT2D eigenvalue weighted by Crippen LogP contribution is -2.32. The number of hydrogen-bond acceptors (Lipinski definition) is 6. The second-order valence-electron chi connectivity index (χ2n) is 8.25. The summed E-state index contributed by atoms with van der Waals surface area (Å²) in [6.45, 7) is 7.77. The highest BCUT2D eigenvalue weighted by Gasteiger charge is 2.19. The zero-order chi connectivity index (χ0) is 21.5. The first-order chi connectivity index (χ1) is 15.2. The molecule has 0 saturated carbocycles. The Balaban J connectivity index is 1.32. The van der Waals surface area contributed by atoms with Gasteiger partial charge in [0, 0.05) is 36.9 Å². The van der Waals surface area contributed by atoms with Crippen LogP contribution in [-0.2, 0) is 6.42 Å². The van der Waals surface area contributed by atoms with E-state index in [0.717, 1.165) is 73.6 Å². The van der Waals surface area contributed by atoms with Crippen molar-refractivity contribution in [1.82, 2.24) is 20.3 Å². The standard InChI is InChI=1S/C25H33N5O/c1-3-31-22-10-11-24-23(17-22)19(2)28-25(29-24)30-15-6-9-21(12-16-30)27-14-5-8-20-7-4-13-26-18-20/h4,7,10-11,13,17-18,21,27H,3,5-6,8-9,12,14-16H2,1-2H3. The van der Waals surface area contributed by atoms with Crippen molar-refractivity contribution < 1.29 is 4.74 Å². The molecule has 6 heteroatoms. The normalized spacial score (nSPS) is 17.0. The summed E-state index contributed by atoms with van der Waals surface area (Å²) in [7, 11) is 0. The van der Waals surface area contributed by atoms with Crippen LogP contribution in [0.5, 0.6) is 5.75 Å². The molecule has 1 aromatic carbocycles. The molecule has 0 amide bonds. The number of anilines is 1. The molecular formula is C25H33N5O. The van der Waals surface area contributed by atoms with Gasteiger partial charge in [-0.25, -0.2) is 9.97 Å². The van der Waals surface area contributed by atoms with Crippen molar-refractivity contribution >= 4 is 16.9 Å². The Morgan fingerprint density at radius 1 is 1.16 bits per heavy atom. The Bertz CT molecular complexity index is 978. The summed E-state index contributed by atoms with van der Waals surface area (Å²) < 4.78 is 5.63. The van der Waals surface area contributed by atoms with Gasteiger partial charge in [-0.1, -0.05) is 6.07 Å². The first-order valence-corrected chi connectivity index (χ1v) is 11.5. The van der Waals surface area contributed by atoms with E-state index in [1.165, 1.54) is 12.0 Å². The largest absolute Gasteiger partial charge is 0.494 e. The SMILES string of the molecule is CCOc1ccc2nc(N3CCCC(NCCCc4cccnc4)CC3)nc(C)c2c1. The number of rotatable bonds is 8. The van der Waals surface area contributed by atoms with E-state index in [2.05, 4.69) is 28.2 Å². The molecule has 0 spiro atoms. The molecule has 0 radical (unpaired) electrons. The molecule has 6 nitrogen and oxygen atoms in total. The van der Waals surface area contributed by atoms with E-state index in [9.17, 15) is 0 Å². The molecule has 3 aromatic rings. The number of nitrogens with one attached hydrogen (secondary N) is 1. The van der Waals surface area contributed by atoms with Gasteiger partial charge in [-0.2, -0.15) is 0 Å². The second kappa shape index (κ2) is 10.5. The van der Waals surface area contributed by atoms with Crippen molar-refractivity contribution in [2.45, 2.75) is 52.0 Å². The number of fused-ring (bicyclic) bond motifs is 1. The molecule has 0 aliphatic carbocycles. The maximum absolute atomic E-state index is 5.63. The second-order valence-corrected chi connectivity index (χ2v) is 8.25. The summed E-state index contributed by atoms with van der Waals surface area (Å²) in [5, 5.41) is 4.83. The van der Waals surface area contributed by atoms with Gasteiger partial charge >= 0.3 is 0 Å². The zero-order valence-electron chi connectivity index (χ0n) is 18.7. The topological polar surface area (TPSA) is 63.2 Å². The average Bonchev–Trinajstić information content (AvgIpc) is 3.04. The first-order valence-electron chi connectivity index (χ1n) is 11.5. The van der Waals surface area contributed by atoms with Gasteiger partial charge in [0.25, 0.3) is 0 Å². The van der Waals surface area contributed by atoms with Crippen LogP contribution in [0.15, 0.2) is 42.7 Å². The maximum atomic E-state index is 5.63. The molecule has 1 aliphatic rings. The van der Waals surface area contributed by atoms with Crippen LogP contribution in [0.1, 0.15) is 43.9 Å². The van der Waals surface area contributed by atoms with Gasteiger partial charge in [-0.3, -0.25) is 4.98 Å². The number of hydrogen-bond donors (Lipinski definition) is 1. The fraction of sp³-hybridized carbons (Fsp3) is 0.480. The summed E-state index contributed by atoms with van der Waals surface area (Å²) >= 11 is 0. The highest BCUT2D eigenvalue weighted by atomic mass is 16.5. The van der Waals surface area contributed by atoms with Crippen molar-refractivity contribution in [3.63, 3.8) is 0 Å². The third kappa shape index (κ3) is 5.70. The van der Waals surface area contributed by atoms with Crippen molar-refractivity contribution in [3.8, 4) is 5.75 Å². The average molecular weight is 420 g/mol. The van der Waals surface area contributed by atoms with Crippen LogP contribution in [0, 0.1) is 6.92 Å². The highest BCUT2D eigenvalue weighted by molar-refractivity contribution is 5.83. The lowest BCUT2D eigenvalue weighted by molar-refractivity contribution is 0.340. The van der Waals surface area contributed by atoms with E-state index in [1.54, 1.807) is 0 Å². The third-order valence-electron chi connectivity index (χ3n) is 5.97. The number of ether oxygens (including phenoxy) is 1. The number of pyridine rings is 1. The third-order valence-corrected chi connectivity index (χ3v) is 5.97. The molecule has 3 heterocycles. The predicted molar refractivity (Wildman–Crippen MR) is 126 cm³/mol.